The van der Waals surface area contributed by atoms with Crippen molar-refractivity contribution in [2.24, 2.45) is 0 Å². The third-order valence-electron chi connectivity index (χ3n) is 5.47. The van der Waals surface area contributed by atoms with Crippen molar-refractivity contribution in [2.45, 2.75) is 32.0 Å². The van der Waals surface area contributed by atoms with Gasteiger partial charge >= 0.3 is 0 Å². The summed E-state index contributed by atoms with van der Waals surface area (Å²) in [5, 5.41) is 1.15. The molecule has 2 fully saturated rings. The summed E-state index contributed by atoms with van der Waals surface area (Å²) < 4.78 is 6.79. The van der Waals surface area contributed by atoms with Gasteiger partial charge in [0.2, 0.25) is 5.91 Å². The lowest BCUT2D eigenvalue weighted by molar-refractivity contribution is -0.131. The SMILES string of the molecule is CC(=O)N1C[C@@H]2C[C@H]1CN2Cc1ccc(Oc2nc3ncc(Cl)cc3s2)cc1. The fourth-order valence-electron chi connectivity index (χ4n) is 4.15. The van der Waals surface area contributed by atoms with Crippen molar-refractivity contribution in [3.8, 4) is 10.9 Å². The molecule has 2 aliphatic rings. The van der Waals surface area contributed by atoms with Gasteiger partial charge in [-0.1, -0.05) is 35.1 Å². The maximum atomic E-state index is 11.6. The molecule has 0 spiro atoms. The van der Waals surface area contributed by atoms with E-state index in [0.717, 1.165) is 36.5 Å². The molecule has 2 bridgehead atoms. The van der Waals surface area contributed by atoms with Crippen molar-refractivity contribution < 1.29 is 9.53 Å². The van der Waals surface area contributed by atoms with Crippen LogP contribution in [0.2, 0.25) is 5.02 Å². The Morgan fingerprint density at radius 3 is 2.82 bits per heavy atom. The molecule has 0 unspecified atom stereocenters. The number of halogens is 1. The van der Waals surface area contributed by atoms with Crippen molar-refractivity contribution >= 4 is 39.2 Å². The Kier molecular flexibility index (Phi) is 4.45. The smallest absolute Gasteiger partial charge is 0.281 e. The van der Waals surface area contributed by atoms with E-state index in [2.05, 4.69) is 27.0 Å². The molecular weight excluding hydrogens is 396 g/mol. The lowest BCUT2D eigenvalue weighted by atomic mass is 10.2. The molecule has 1 aromatic carbocycles. The summed E-state index contributed by atoms with van der Waals surface area (Å²) in [6, 6.07) is 10.8. The molecule has 6 nitrogen and oxygen atoms in total. The van der Waals surface area contributed by atoms with Gasteiger partial charge in [0.25, 0.3) is 5.19 Å². The monoisotopic (exact) mass is 414 g/mol. The van der Waals surface area contributed by atoms with Crippen molar-refractivity contribution in [2.75, 3.05) is 13.1 Å². The molecule has 1 amide bonds. The average molecular weight is 415 g/mol. The van der Waals surface area contributed by atoms with Crippen LogP contribution in [0.25, 0.3) is 10.3 Å². The molecule has 8 heteroatoms. The van der Waals surface area contributed by atoms with Gasteiger partial charge in [-0.15, -0.1) is 0 Å². The minimum atomic E-state index is 0.195. The fourth-order valence-corrected chi connectivity index (χ4v) is 5.20. The van der Waals surface area contributed by atoms with Crippen molar-refractivity contribution in [1.82, 2.24) is 19.8 Å². The number of thiazole rings is 1. The van der Waals surface area contributed by atoms with Crippen LogP contribution in [0.5, 0.6) is 10.9 Å². The largest absolute Gasteiger partial charge is 0.431 e. The molecule has 2 aliphatic heterocycles. The Morgan fingerprint density at radius 1 is 1.29 bits per heavy atom. The highest BCUT2D eigenvalue weighted by atomic mass is 35.5. The van der Waals surface area contributed by atoms with Crippen LogP contribution in [-0.2, 0) is 11.3 Å². The van der Waals surface area contributed by atoms with Gasteiger partial charge in [0, 0.05) is 44.8 Å². The number of pyridine rings is 1. The first-order valence-electron chi connectivity index (χ1n) is 9.25. The lowest BCUT2D eigenvalue weighted by Gasteiger charge is -2.33. The third-order valence-corrected chi connectivity index (χ3v) is 6.54. The molecule has 2 saturated heterocycles. The minimum absolute atomic E-state index is 0.195. The summed E-state index contributed by atoms with van der Waals surface area (Å²) in [7, 11) is 0. The van der Waals surface area contributed by atoms with Gasteiger partial charge in [0.1, 0.15) is 5.75 Å². The molecule has 4 heterocycles. The number of hydrogen-bond donors (Lipinski definition) is 0. The van der Waals surface area contributed by atoms with Crippen LogP contribution in [0.4, 0.5) is 0 Å². The Morgan fingerprint density at radius 2 is 2.11 bits per heavy atom. The number of nitrogens with zero attached hydrogens (tertiary/aromatic N) is 4. The molecule has 0 radical (unpaired) electrons. The zero-order valence-electron chi connectivity index (χ0n) is 15.3. The molecular formula is C20H19ClN4O2S. The van der Waals surface area contributed by atoms with Gasteiger partial charge in [0.05, 0.1) is 9.72 Å². The molecule has 2 atom stereocenters. The van der Waals surface area contributed by atoms with Gasteiger partial charge in [-0.25, -0.2) is 4.98 Å². The fraction of sp³-hybridized carbons (Fsp3) is 0.350. The molecule has 28 heavy (non-hydrogen) atoms. The first-order valence-corrected chi connectivity index (χ1v) is 10.4. The number of hydrogen-bond acceptors (Lipinski definition) is 6. The van der Waals surface area contributed by atoms with Crippen LogP contribution >= 0.6 is 22.9 Å². The number of benzene rings is 1. The maximum absolute atomic E-state index is 11.6. The molecule has 0 aliphatic carbocycles. The van der Waals surface area contributed by atoms with E-state index < -0.39 is 0 Å². The van der Waals surface area contributed by atoms with Gasteiger partial charge in [-0.3, -0.25) is 9.69 Å². The van der Waals surface area contributed by atoms with Crippen molar-refractivity contribution in [3.63, 3.8) is 0 Å². The Hall–Kier alpha value is -2.22. The zero-order chi connectivity index (χ0) is 19.3. The van der Waals surface area contributed by atoms with E-state index in [1.54, 1.807) is 13.1 Å². The summed E-state index contributed by atoms with van der Waals surface area (Å²) >= 11 is 7.40. The molecule has 0 N–H and O–H groups in total. The van der Waals surface area contributed by atoms with Crippen LogP contribution in [-0.4, -0.2) is 50.8 Å². The van der Waals surface area contributed by atoms with Crippen molar-refractivity contribution in [1.29, 1.82) is 0 Å². The number of ether oxygens (including phenoxy) is 1. The lowest BCUT2D eigenvalue weighted by Crippen LogP contribution is -2.47. The third kappa shape index (κ3) is 3.34. The molecule has 3 aromatic rings. The Bertz CT molecular complexity index is 1040. The second-order valence-corrected chi connectivity index (χ2v) is 8.77. The zero-order valence-corrected chi connectivity index (χ0v) is 16.9. The van der Waals surface area contributed by atoms with Crippen LogP contribution in [0.1, 0.15) is 18.9 Å². The topological polar surface area (TPSA) is 58.6 Å². The van der Waals surface area contributed by atoms with Crippen LogP contribution < -0.4 is 4.74 Å². The highest BCUT2D eigenvalue weighted by Gasteiger charge is 2.43. The molecule has 5 rings (SSSR count). The van der Waals surface area contributed by atoms with E-state index >= 15 is 0 Å². The summed E-state index contributed by atoms with van der Waals surface area (Å²) in [5.41, 5.74) is 1.89. The van der Waals surface area contributed by atoms with Gasteiger partial charge < -0.3 is 9.64 Å². The summed E-state index contributed by atoms with van der Waals surface area (Å²) in [6.45, 7) is 4.39. The van der Waals surface area contributed by atoms with E-state index in [-0.39, 0.29) is 5.91 Å². The standard InChI is InChI=1S/C20H19ClN4O2S/c1-12(26)25-11-15-7-16(25)10-24(15)9-13-2-4-17(5-3-13)27-20-23-19-18(28-20)6-14(21)8-22-19/h2-6,8,15-16H,7,9-11H2,1H3/t15-,16-/m0/s1. The van der Waals surface area contributed by atoms with Crippen LogP contribution in [0, 0.1) is 0 Å². The normalized spacial score (nSPS) is 21.6. The molecule has 2 aromatic heterocycles. The second kappa shape index (κ2) is 6.99. The van der Waals surface area contributed by atoms with E-state index in [9.17, 15) is 4.79 Å². The van der Waals surface area contributed by atoms with E-state index in [1.165, 1.54) is 16.9 Å². The number of rotatable bonds is 4. The van der Waals surface area contributed by atoms with Crippen LogP contribution in [0.15, 0.2) is 36.5 Å². The molecule has 0 saturated carbocycles. The predicted octanol–water partition coefficient (Wildman–Crippen LogP) is 3.94. The van der Waals surface area contributed by atoms with E-state index in [0.29, 0.717) is 27.9 Å². The number of carbonyl (C=O) groups excluding carboxylic acids is 1. The van der Waals surface area contributed by atoms with Gasteiger partial charge in [-0.2, -0.15) is 4.98 Å². The number of aromatic nitrogens is 2. The number of piperazine rings is 1. The predicted molar refractivity (Wildman–Crippen MR) is 109 cm³/mol. The maximum Gasteiger partial charge on any atom is 0.281 e. The van der Waals surface area contributed by atoms with Crippen LogP contribution in [0.3, 0.4) is 0 Å². The quantitative estimate of drug-likeness (QED) is 0.647. The molecule has 144 valence electrons. The van der Waals surface area contributed by atoms with Gasteiger partial charge in [0.15, 0.2) is 5.65 Å². The summed E-state index contributed by atoms with van der Waals surface area (Å²) in [5.74, 6) is 0.945. The van der Waals surface area contributed by atoms with Gasteiger partial charge in [-0.05, 0) is 30.2 Å². The highest BCUT2D eigenvalue weighted by molar-refractivity contribution is 7.20. The average Bonchev–Trinajstić information content (AvgIpc) is 3.36. The highest BCUT2D eigenvalue weighted by Crippen LogP contribution is 2.33. The van der Waals surface area contributed by atoms with Crippen molar-refractivity contribution in [3.05, 3.63) is 47.1 Å². The summed E-state index contributed by atoms with van der Waals surface area (Å²) in [6.07, 6.45) is 2.68. The van der Waals surface area contributed by atoms with E-state index in [1.807, 2.05) is 23.1 Å². The number of likely N-dealkylation sites (tertiary alicyclic amines) is 2. The van der Waals surface area contributed by atoms with E-state index in [4.69, 9.17) is 16.3 Å². The first-order chi connectivity index (χ1) is 13.5. The Balaban J connectivity index is 1.23. The Labute approximate surface area is 171 Å². The number of carbonyl (C=O) groups is 1. The second-order valence-electron chi connectivity index (χ2n) is 7.35. The number of fused-ring (bicyclic) bond motifs is 3. The minimum Gasteiger partial charge on any atom is -0.431 e. The summed E-state index contributed by atoms with van der Waals surface area (Å²) in [4.78, 5) is 24.7. The first kappa shape index (κ1) is 17.8. The number of amides is 1.